The van der Waals surface area contributed by atoms with Gasteiger partial charge in [0.25, 0.3) is 0 Å². The summed E-state index contributed by atoms with van der Waals surface area (Å²) in [6, 6.07) is 1.06. The van der Waals surface area contributed by atoms with E-state index < -0.39 is 0 Å². The predicted molar refractivity (Wildman–Crippen MR) is 133 cm³/mol. The van der Waals surface area contributed by atoms with Gasteiger partial charge < -0.3 is 31.6 Å². The molecule has 7 heteroatoms. The molecule has 2 aliphatic heterocycles. The molecule has 7 N–H and O–H groups in total. The first kappa shape index (κ1) is 27.6. The fraction of sp³-hybridized carbons (Fsp3) is 0.840. The zero-order valence-electron chi connectivity index (χ0n) is 19.9. The smallest absolute Gasteiger partial charge is 0.0547 e. The third-order valence-corrected chi connectivity index (χ3v) is 8.42. The zero-order valence-corrected chi connectivity index (χ0v) is 20.7. The maximum Gasteiger partial charge on any atom is 0.0547 e. The summed E-state index contributed by atoms with van der Waals surface area (Å²) in [5.74, 6) is 2.74. The number of aliphatic hydroxyl groups excluding tert-OH is 1. The fourth-order valence-electron chi connectivity index (χ4n) is 5.99. The Morgan fingerprint density at radius 2 is 1.81 bits per heavy atom. The Hall–Kier alpha value is -0.630. The third-order valence-electron chi connectivity index (χ3n) is 8.05. The standard InChI is InChI=1S/C25H42ClN3O.2H2O/c1-17(2)25(27-15-22-13-20-14-23(30)7-8-24(20)28-22)16-29-11-9-19(10-12-29)18-3-5-21(26)6-4-18;;/h3,5,13,17-21,23-25,27-28,30H,4,6-12,14-16H2,1-2H3;2*1H2/t18?,20?,21?,23?,24?,25-;;/m0../s1. The molecule has 186 valence electrons. The summed E-state index contributed by atoms with van der Waals surface area (Å²) < 4.78 is 0. The second kappa shape index (κ2) is 12.7. The lowest BCUT2D eigenvalue weighted by atomic mass is 9.79. The predicted octanol–water partition coefficient (Wildman–Crippen LogP) is 2.25. The van der Waals surface area contributed by atoms with Crippen LogP contribution in [0.4, 0.5) is 0 Å². The monoisotopic (exact) mass is 471 g/mol. The SMILES string of the molecule is CC(C)[C@H](CN1CCC(C2C=CC(Cl)CC2)CC1)NCC1=CC2CC(O)CCC2N1.O.O. The fourth-order valence-corrected chi connectivity index (χ4v) is 6.20. The van der Waals surface area contributed by atoms with E-state index in [0.29, 0.717) is 23.9 Å². The molecular weight excluding hydrogens is 426 g/mol. The maximum absolute atomic E-state index is 9.94. The number of likely N-dealkylation sites (tertiary alicyclic amines) is 1. The molecule has 1 saturated heterocycles. The number of hydrogen-bond acceptors (Lipinski definition) is 4. The van der Waals surface area contributed by atoms with Crippen LogP contribution in [0.5, 0.6) is 0 Å². The highest BCUT2D eigenvalue weighted by atomic mass is 35.5. The van der Waals surface area contributed by atoms with Crippen LogP contribution in [0.2, 0.25) is 0 Å². The Morgan fingerprint density at radius 1 is 1.06 bits per heavy atom. The van der Waals surface area contributed by atoms with Gasteiger partial charge in [-0.2, -0.15) is 0 Å². The lowest BCUT2D eigenvalue weighted by Gasteiger charge is -2.38. The molecule has 6 atom stereocenters. The summed E-state index contributed by atoms with van der Waals surface area (Å²) in [4.78, 5) is 2.68. The highest BCUT2D eigenvalue weighted by Gasteiger charge is 2.33. The number of halogens is 1. The van der Waals surface area contributed by atoms with E-state index in [2.05, 4.69) is 47.6 Å². The van der Waals surface area contributed by atoms with Crippen molar-refractivity contribution in [3.05, 3.63) is 23.9 Å². The molecule has 2 heterocycles. The van der Waals surface area contributed by atoms with E-state index in [1.807, 2.05) is 0 Å². The number of nitrogens with zero attached hydrogens (tertiary/aromatic N) is 1. The Morgan fingerprint density at radius 3 is 2.47 bits per heavy atom. The molecule has 2 aliphatic carbocycles. The van der Waals surface area contributed by atoms with Crippen molar-refractivity contribution < 1.29 is 16.1 Å². The van der Waals surface area contributed by atoms with Gasteiger partial charge >= 0.3 is 0 Å². The van der Waals surface area contributed by atoms with Crippen LogP contribution in [-0.4, -0.2) is 70.7 Å². The summed E-state index contributed by atoms with van der Waals surface area (Å²) in [6.45, 7) is 9.21. The largest absolute Gasteiger partial charge is 0.412 e. The Balaban J connectivity index is 0.00000181. The number of allylic oxidation sites excluding steroid dienone is 2. The molecule has 0 spiro atoms. The van der Waals surface area contributed by atoms with Crippen molar-refractivity contribution in [2.24, 2.45) is 23.7 Å². The second-order valence-electron chi connectivity index (χ2n) is 10.6. The van der Waals surface area contributed by atoms with E-state index in [1.165, 1.54) is 38.0 Å². The van der Waals surface area contributed by atoms with E-state index in [1.54, 1.807) is 0 Å². The topological polar surface area (TPSA) is 111 Å². The molecule has 0 aromatic carbocycles. The summed E-state index contributed by atoms with van der Waals surface area (Å²) in [5, 5.41) is 17.8. The lowest BCUT2D eigenvalue weighted by molar-refractivity contribution is 0.103. The summed E-state index contributed by atoms with van der Waals surface area (Å²) >= 11 is 6.23. The number of piperidine rings is 1. The van der Waals surface area contributed by atoms with Gasteiger partial charge in [0.1, 0.15) is 0 Å². The minimum Gasteiger partial charge on any atom is -0.412 e. The van der Waals surface area contributed by atoms with E-state index in [4.69, 9.17) is 11.6 Å². The van der Waals surface area contributed by atoms with Crippen LogP contribution < -0.4 is 10.6 Å². The van der Waals surface area contributed by atoms with Crippen LogP contribution in [0.25, 0.3) is 0 Å². The van der Waals surface area contributed by atoms with Crippen molar-refractivity contribution in [1.82, 2.24) is 15.5 Å². The van der Waals surface area contributed by atoms with Crippen molar-refractivity contribution in [1.29, 1.82) is 0 Å². The van der Waals surface area contributed by atoms with Gasteiger partial charge in [0.15, 0.2) is 0 Å². The highest BCUT2D eigenvalue weighted by Crippen LogP contribution is 2.34. The number of rotatable bonds is 7. The first-order valence-corrected chi connectivity index (χ1v) is 12.8. The number of nitrogens with one attached hydrogen (secondary N) is 2. The molecular formula is C25H46ClN3O3. The molecule has 32 heavy (non-hydrogen) atoms. The van der Waals surface area contributed by atoms with Crippen LogP contribution in [0, 0.1) is 23.7 Å². The average Bonchev–Trinajstić information content (AvgIpc) is 3.14. The summed E-state index contributed by atoms with van der Waals surface area (Å²) in [5.41, 5.74) is 1.34. The minimum absolute atomic E-state index is 0. The van der Waals surface area contributed by atoms with Gasteiger partial charge in [0.2, 0.25) is 0 Å². The Bertz CT molecular complexity index is 622. The minimum atomic E-state index is -0.108. The van der Waals surface area contributed by atoms with Crippen molar-refractivity contribution in [2.45, 2.75) is 82.4 Å². The van der Waals surface area contributed by atoms with Gasteiger partial charge in [-0.1, -0.05) is 32.1 Å². The van der Waals surface area contributed by atoms with Gasteiger partial charge in [-0.3, -0.25) is 0 Å². The Kier molecular flexibility index (Phi) is 11.0. The molecule has 6 nitrogen and oxygen atoms in total. The molecule has 0 aromatic heterocycles. The van der Waals surface area contributed by atoms with Crippen molar-refractivity contribution in [3.63, 3.8) is 0 Å². The third kappa shape index (κ3) is 7.18. The molecule has 1 saturated carbocycles. The Labute approximate surface area is 199 Å². The van der Waals surface area contributed by atoms with Crippen molar-refractivity contribution >= 4 is 11.6 Å². The molecule has 5 unspecified atom stereocenters. The number of aliphatic hydroxyl groups is 1. The van der Waals surface area contributed by atoms with Crippen LogP contribution in [0.1, 0.15) is 58.8 Å². The quantitative estimate of drug-likeness (QED) is 0.390. The van der Waals surface area contributed by atoms with E-state index >= 15 is 0 Å². The van der Waals surface area contributed by atoms with Crippen LogP contribution in [0.15, 0.2) is 23.9 Å². The van der Waals surface area contributed by atoms with Gasteiger partial charge in [-0.05, 0) is 75.8 Å². The molecule has 0 radical (unpaired) electrons. The van der Waals surface area contributed by atoms with Gasteiger partial charge in [-0.15, -0.1) is 11.6 Å². The first-order chi connectivity index (χ1) is 14.5. The van der Waals surface area contributed by atoms with Crippen LogP contribution in [-0.2, 0) is 0 Å². The average molecular weight is 472 g/mol. The number of fused-ring (bicyclic) bond motifs is 1. The summed E-state index contributed by atoms with van der Waals surface area (Å²) in [6.07, 6.45) is 14.9. The van der Waals surface area contributed by atoms with Crippen molar-refractivity contribution in [2.75, 3.05) is 26.2 Å². The zero-order chi connectivity index (χ0) is 21.1. The van der Waals surface area contributed by atoms with Gasteiger partial charge in [0.05, 0.1) is 11.5 Å². The van der Waals surface area contributed by atoms with E-state index in [-0.39, 0.29) is 22.4 Å². The molecule has 0 aromatic rings. The number of alkyl halides is 1. The highest BCUT2D eigenvalue weighted by molar-refractivity contribution is 6.21. The second-order valence-corrected chi connectivity index (χ2v) is 11.1. The van der Waals surface area contributed by atoms with E-state index in [9.17, 15) is 5.11 Å². The molecule has 4 aliphatic rings. The number of hydrogen-bond donors (Lipinski definition) is 3. The molecule has 4 rings (SSSR count). The van der Waals surface area contributed by atoms with Crippen LogP contribution in [0.3, 0.4) is 0 Å². The maximum atomic E-state index is 9.94. The molecule has 2 fully saturated rings. The molecule has 0 amide bonds. The van der Waals surface area contributed by atoms with Gasteiger partial charge in [0, 0.05) is 36.8 Å². The van der Waals surface area contributed by atoms with Crippen molar-refractivity contribution in [3.8, 4) is 0 Å². The normalized spacial score (nSPS) is 34.2. The summed E-state index contributed by atoms with van der Waals surface area (Å²) in [7, 11) is 0. The van der Waals surface area contributed by atoms with Gasteiger partial charge in [-0.25, -0.2) is 0 Å². The first-order valence-electron chi connectivity index (χ1n) is 12.4. The van der Waals surface area contributed by atoms with Crippen LogP contribution >= 0.6 is 11.6 Å². The van der Waals surface area contributed by atoms with E-state index in [0.717, 1.165) is 50.6 Å². The lowest BCUT2D eigenvalue weighted by Crippen LogP contribution is -2.48. The molecule has 0 bridgehead atoms.